The molecule has 1 aromatic rings. The second-order valence-electron chi connectivity index (χ2n) is 4.71. The van der Waals surface area contributed by atoms with Gasteiger partial charge >= 0.3 is 0 Å². The van der Waals surface area contributed by atoms with Crippen molar-refractivity contribution in [1.82, 2.24) is 0 Å². The van der Waals surface area contributed by atoms with Crippen molar-refractivity contribution in [3.8, 4) is 0 Å². The second kappa shape index (κ2) is 6.01. The van der Waals surface area contributed by atoms with Crippen LogP contribution in [0.25, 0.3) is 0 Å². The van der Waals surface area contributed by atoms with Crippen LogP contribution in [0.5, 0.6) is 0 Å². The third-order valence-corrected chi connectivity index (χ3v) is 5.24. The van der Waals surface area contributed by atoms with Crippen LogP contribution in [0.4, 0.5) is 11.4 Å². The summed E-state index contributed by atoms with van der Waals surface area (Å²) in [6.07, 6.45) is 0. The van der Waals surface area contributed by atoms with Crippen LogP contribution in [0.1, 0.15) is 19.4 Å². The van der Waals surface area contributed by atoms with E-state index in [1.54, 1.807) is 12.1 Å². The first-order chi connectivity index (χ1) is 9.04. The summed E-state index contributed by atoms with van der Waals surface area (Å²) in [5.74, 6) is 1.37. The predicted octanol–water partition coefficient (Wildman–Crippen LogP) is 3.66. The van der Waals surface area contributed by atoms with Gasteiger partial charge in [0.05, 0.1) is 4.92 Å². The average Bonchev–Trinajstić information content (AvgIpc) is 2.41. The minimum absolute atomic E-state index is 0.103. The lowest BCUT2D eigenvalue weighted by atomic mass is 10.1. The number of nitro groups is 1. The van der Waals surface area contributed by atoms with E-state index in [1.807, 2.05) is 17.8 Å². The van der Waals surface area contributed by atoms with E-state index >= 15 is 0 Å². The van der Waals surface area contributed by atoms with Crippen LogP contribution in [0.15, 0.2) is 18.2 Å². The zero-order chi connectivity index (χ0) is 14.0. The smallest absolute Gasteiger partial charge is 0.269 e. The van der Waals surface area contributed by atoms with Crippen molar-refractivity contribution < 1.29 is 4.92 Å². The highest BCUT2D eigenvalue weighted by molar-refractivity contribution is 8.00. The molecule has 0 bridgehead atoms. The first-order valence-electron chi connectivity index (χ1n) is 6.26. The van der Waals surface area contributed by atoms with Crippen LogP contribution in [-0.2, 0) is 5.88 Å². The van der Waals surface area contributed by atoms with E-state index in [9.17, 15) is 10.1 Å². The van der Waals surface area contributed by atoms with Crippen molar-refractivity contribution in [2.75, 3.05) is 17.2 Å². The maximum atomic E-state index is 10.8. The Kier molecular flexibility index (Phi) is 4.58. The Morgan fingerprint density at radius 1 is 1.53 bits per heavy atom. The summed E-state index contributed by atoms with van der Waals surface area (Å²) in [7, 11) is 0. The van der Waals surface area contributed by atoms with Crippen LogP contribution in [0.3, 0.4) is 0 Å². The number of hydrogen-bond donors (Lipinski definition) is 0. The fourth-order valence-electron chi connectivity index (χ4n) is 2.35. The Balaban J connectivity index is 2.35. The van der Waals surface area contributed by atoms with E-state index in [-0.39, 0.29) is 10.6 Å². The topological polar surface area (TPSA) is 46.4 Å². The van der Waals surface area contributed by atoms with Gasteiger partial charge in [-0.15, -0.1) is 11.6 Å². The molecule has 19 heavy (non-hydrogen) atoms. The zero-order valence-electron chi connectivity index (χ0n) is 11.0. The van der Waals surface area contributed by atoms with E-state index in [0.29, 0.717) is 17.2 Å². The fourth-order valence-corrected chi connectivity index (χ4v) is 3.66. The molecule has 0 aliphatic carbocycles. The zero-order valence-corrected chi connectivity index (χ0v) is 12.6. The first-order valence-corrected chi connectivity index (χ1v) is 7.84. The number of thioether (sulfide) groups is 1. The number of hydrogen-bond acceptors (Lipinski definition) is 4. The number of halogens is 1. The van der Waals surface area contributed by atoms with Crippen LogP contribution in [-0.4, -0.2) is 28.5 Å². The fraction of sp³-hybridized carbons (Fsp3) is 0.538. The van der Waals surface area contributed by atoms with Crippen LogP contribution in [0.2, 0.25) is 0 Å². The lowest BCUT2D eigenvalue weighted by molar-refractivity contribution is -0.384. The molecule has 2 unspecified atom stereocenters. The third-order valence-electron chi connectivity index (χ3n) is 3.61. The molecule has 0 N–H and O–H groups in total. The summed E-state index contributed by atoms with van der Waals surface area (Å²) < 4.78 is 0. The molecule has 104 valence electrons. The van der Waals surface area contributed by atoms with E-state index in [1.165, 1.54) is 0 Å². The van der Waals surface area contributed by atoms with Gasteiger partial charge in [0.25, 0.3) is 5.69 Å². The predicted molar refractivity (Wildman–Crippen MR) is 81.4 cm³/mol. The maximum Gasteiger partial charge on any atom is 0.269 e. The Morgan fingerprint density at radius 2 is 2.26 bits per heavy atom. The highest BCUT2D eigenvalue weighted by Gasteiger charge is 2.27. The summed E-state index contributed by atoms with van der Waals surface area (Å²) in [5, 5.41) is 11.4. The average molecular weight is 301 g/mol. The quantitative estimate of drug-likeness (QED) is 0.485. The number of nitro benzene ring substituents is 1. The van der Waals surface area contributed by atoms with E-state index in [2.05, 4.69) is 18.7 Å². The Morgan fingerprint density at radius 3 is 2.89 bits per heavy atom. The largest absolute Gasteiger partial charge is 0.367 e. The highest BCUT2D eigenvalue weighted by Crippen LogP contribution is 2.33. The Bertz CT molecular complexity index is 484. The van der Waals surface area contributed by atoms with E-state index < -0.39 is 0 Å². The SMILES string of the molecule is CC1SCCN(c2ccc([N+](=O)[O-])cc2CCl)C1C. The molecule has 1 heterocycles. The van der Waals surface area contributed by atoms with Gasteiger partial charge in [0.1, 0.15) is 0 Å². The molecule has 1 saturated heterocycles. The molecule has 2 atom stereocenters. The number of nitrogens with zero attached hydrogens (tertiary/aromatic N) is 2. The summed E-state index contributed by atoms with van der Waals surface area (Å²) >= 11 is 7.92. The van der Waals surface area contributed by atoms with Crippen molar-refractivity contribution in [2.45, 2.75) is 31.0 Å². The van der Waals surface area contributed by atoms with Crippen LogP contribution in [0, 0.1) is 10.1 Å². The van der Waals surface area contributed by atoms with Gasteiger partial charge < -0.3 is 4.90 Å². The maximum absolute atomic E-state index is 10.8. The second-order valence-corrected chi connectivity index (χ2v) is 6.47. The number of benzene rings is 1. The lowest BCUT2D eigenvalue weighted by Gasteiger charge is -2.40. The van der Waals surface area contributed by atoms with Crippen molar-refractivity contribution in [2.24, 2.45) is 0 Å². The molecule has 2 rings (SSSR count). The van der Waals surface area contributed by atoms with Crippen LogP contribution < -0.4 is 4.90 Å². The highest BCUT2D eigenvalue weighted by atomic mass is 35.5. The number of alkyl halides is 1. The Hall–Kier alpha value is -0.940. The minimum Gasteiger partial charge on any atom is -0.367 e. The van der Waals surface area contributed by atoms with Gasteiger partial charge in [-0.1, -0.05) is 6.92 Å². The van der Waals surface area contributed by atoms with Gasteiger partial charge in [-0.3, -0.25) is 10.1 Å². The number of rotatable bonds is 3. The van der Waals surface area contributed by atoms with Gasteiger partial charge in [0, 0.05) is 47.3 Å². The summed E-state index contributed by atoms with van der Waals surface area (Å²) in [6.45, 7) is 5.36. The molecular formula is C13H17ClN2O2S. The summed E-state index contributed by atoms with van der Waals surface area (Å²) in [4.78, 5) is 12.7. The van der Waals surface area contributed by atoms with Gasteiger partial charge in [-0.25, -0.2) is 0 Å². The molecular weight excluding hydrogens is 284 g/mol. The van der Waals surface area contributed by atoms with E-state index in [4.69, 9.17) is 11.6 Å². The van der Waals surface area contributed by atoms with Crippen molar-refractivity contribution in [1.29, 1.82) is 0 Å². The van der Waals surface area contributed by atoms with E-state index in [0.717, 1.165) is 23.5 Å². The molecule has 1 aliphatic heterocycles. The molecule has 1 aliphatic rings. The molecule has 4 nitrogen and oxygen atoms in total. The first kappa shape index (κ1) is 14.5. The molecule has 0 amide bonds. The minimum atomic E-state index is -0.377. The van der Waals surface area contributed by atoms with Crippen molar-refractivity contribution in [3.05, 3.63) is 33.9 Å². The molecule has 1 fully saturated rings. The molecule has 0 radical (unpaired) electrons. The standard InChI is InChI=1S/C13H17ClN2O2S/c1-9-10(2)19-6-5-15(9)13-4-3-12(16(17)18)7-11(13)8-14/h3-4,7,9-10H,5-6,8H2,1-2H3. The van der Waals surface area contributed by atoms with Gasteiger partial charge in [0.15, 0.2) is 0 Å². The van der Waals surface area contributed by atoms with Gasteiger partial charge in [0.2, 0.25) is 0 Å². The van der Waals surface area contributed by atoms with Crippen molar-refractivity contribution in [3.63, 3.8) is 0 Å². The molecule has 6 heteroatoms. The Labute approximate surface area is 122 Å². The molecule has 0 spiro atoms. The summed E-state index contributed by atoms with van der Waals surface area (Å²) in [6, 6.07) is 5.38. The molecule has 0 saturated carbocycles. The summed E-state index contributed by atoms with van der Waals surface area (Å²) in [5.41, 5.74) is 1.97. The van der Waals surface area contributed by atoms with Crippen LogP contribution >= 0.6 is 23.4 Å². The molecule has 1 aromatic carbocycles. The number of anilines is 1. The third kappa shape index (κ3) is 2.98. The van der Waals surface area contributed by atoms with Gasteiger partial charge in [-0.05, 0) is 18.6 Å². The normalized spacial score (nSPS) is 23.4. The van der Waals surface area contributed by atoms with Crippen molar-refractivity contribution >= 4 is 34.7 Å². The molecule has 0 aromatic heterocycles. The lowest BCUT2D eigenvalue weighted by Crippen LogP contribution is -2.45. The van der Waals surface area contributed by atoms with Gasteiger partial charge in [-0.2, -0.15) is 11.8 Å². The number of non-ortho nitro benzene ring substituents is 1. The monoisotopic (exact) mass is 300 g/mol.